The highest BCUT2D eigenvalue weighted by molar-refractivity contribution is 5.27. The fraction of sp³-hybridized carbons (Fsp3) is 0.467. The van der Waals surface area contributed by atoms with Gasteiger partial charge in [-0.1, -0.05) is 29.8 Å². The lowest BCUT2D eigenvalue weighted by atomic mass is 9.75. The molecule has 19 heavy (non-hydrogen) atoms. The van der Waals surface area contributed by atoms with Crippen LogP contribution in [0, 0.1) is 6.92 Å². The number of aryl methyl sites for hydroxylation is 2. The van der Waals surface area contributed by atoms with Crippen LogP contribution in [0.3, 0.4) is 0 Å². The Bertz CT molecular complexity index is 555. The number of nitrogens with zero attached hydrogens (tertiary/aromatic N) is 3. The van der Waals surface area contributed by atoms with Crippen LogP contribution in [0.2, 0.25) is 0 Å². The zero-order chi connectivity index (χ0) is 13.2. The SMILES string of the molecule is Cc1cccc(C2CC(NCc3ncn(C)n3)C2)c1. The highest BCUT2D eigenvalue weighted by Gasteiger charge is 2.29. The molecule has 0 radical (unpaired) electrons. The summed E-state index contributed by atoms with van der Waals surface area (Å²) in [7, 11) is 1.90. The summed E-state index contributed by atoms with van der Waals surface area (Å²) in [5, 5.41) is 7.80. The van der Waals surface area contributed by atoms with E-state index in [1.807, 2.05) is 7.05 Å². The fourth-order valence-corrected chi connectivity index (χ4v) is 2.68. The summed E-state index contributed by atoms with van der Waals surface area (Å²) in [6, 6.07) is 9.47. The van der Waals surface area contributed by atoms with Crippen LogP contribution in [0.25, 0.3) is 0 Å². The number of hydrogen-bond donors (Lipinski definition) is 1. The molecule has 0 aliphatic heterocycles. The minimum absolute atomic E-state index is 0.606. The Balaban J connectivity index is 1.48. The van der Waals surface area contributed by atoms with Gasteiger partial charge in [0, 0.05) is 13.1 Å². The van der Waals surface area contributed by atoms with Crippen molar-refractivity contribution in [3.8, 4) is 0 Å². The molecule has 0 amide bonds. The lowest BCUT2D eigenvalue weighted by Gasteiger charge is -2.36. The van der Waals surface area contributed by atoms with Gasteiger partial charge in [0.2, 0.25) is 0 Å². The van der Waals surface area contributed by atoms with Crippen molar-refractivity contribution < 1.29 is 0 Å². The molecule has 100 valence electrons. The van der Waals surface area contributed by atoms with E-state index in [0.717, 1.165) is 12.4 Å². The monoisotopic (exact) mass is 256 g/mol. The van der Waals surface area contributed by atoms with Gasteiger partial charge in [0.05, 0.1) is 6.54 Å². The molecule has 1 N–H and O–H groups in total. The van der Waals surface area contributed by atoms with E-state index in [9.17, 15) is 0 Å². The lowest BCUT2D eigenvalue weighted by Crippen LogP contribution is -2.39. The summed E-state index contributed by atoms with van der Waals surface area (Å²) in [6.07, 6.45) is 4.18. The molecule has 0 bridgehead atoms. The quantitative estimate of drug-likeness (QED) is 0.911. The Labute approximate surface area is 113 Å². The third kappa shape index (κ3) is 2.84. The van der Waals surface area contributed by atoms with Crippen molar-refractivity contribution in [2.24, 2.45) is 7.05 Å². The standard InChI is InChI=1S/C15H20N4/c1-11-4-3-5-12(6-11)13-7-14(8-13)16-9-15-17-10-19(2)18-15/h3-6,10,13-14,16H,7-9H2,1-2H3. The Hall–Kier alpha value is -1.68. The molecule has 0 saturated heterocycles. The van der Waals surface area contributed by atoms with Crippen molar-refractivity contribution in [2.75, 3.05) is 0 Å². The number of benzene rings is 1. The molecular formula is C15H20N4. The van der Waals surface area contributed by atoms with Gasteiger partial charge in [0.15, 0.2) is 5.82 Å². The number of nitrogens with one attached hydrogen (secondary N) is 1. The van der Waals surface area contributed by atoms with Gasteiger partial charge < -0.3 is 5.32 Å². The molecule has 1 aliphatic carbocycles. The molecule has 1 fully saturated rings. The normalized spacial score (nSPS) is 22.2. The van der Waals surface area contributed by atoms with E-state index in [2.05, 4.69) is 46.6 Å². The summed E-state index contributed by atoms with van der Waals surface area (Å²) >= 11 is 0. The highest BCUT2D eigenvalue weighted by atomic mass is 15.3. The van der Waals surface area contributed by atoms with Crippen LogP contribution in [-0.4, -0.2) is 20.8 Å². The van der Waals surface area contributed by atoms with Gasteiger partial charge in [0.25, 0.3) is 0 Å². The smallest absolute Gasteiger partial charge is 0.164 e. The van der Waals surface area contributed by atoms with Crippen LogP contribution in [0.4, 0.5) is 0 Å². The van der Waals surface area contributed by atoms with E-state index in [4.69, 9.17) is 0 Å². The molecule has 1 aromatic heterocycles. The second-order valence-corrected chi connectivity index (χ2v) is 5.49. The molecular weight excluding hydrogens is 236 g/mol. The van der Waals surface area contributed by atoms with E-state index < -0.39 is 0 Å². The lowest BCUT2D eigenvalue weighted by molar-refractivity contribution is 0.287. The molecule has 4 nitrogen and oxygen atoms in total. The Morgan fingerprint density at radius 2 is 2.21 bits per heavy atom. The molecule has 3 rings (SSSR count). The number of aromatic nitrogens is 3. The van der Waals surface area contributed by atoms with E-state index in [0.29, 0.717) is 12.0 Å². The third-order valence-electron chi connectivity index (χ3n) is 3.85. The number of rotatable bonds is 4. The zero-order valence-corrected chi connectivity index (χ0v) is 11.5. The second kappa shape index (κ2) is 5.13. The average Bonchev–Trinajstić information content (AvgIpc) is 2.73. The van der Waals surface area contributed by atoms with Crippen molar-refractivity contribution in [3.63, 3.8) is 0 Å². The Kier molecular flexibility index (Phi) is 3.34. The first kappa shape index (κ1) is 12.4. The molecule has 0 spiro atoms. The van der Waals surface area contributed by atoms with Crippen LogP contribution < -0.4 is 5.32 Å². The van der Waals surface area contributed by atoms with Crippen LogP contribution >= 0.6 is 0 Å². The summed E-state index contributed by atoms with van der Waals surface area (Å²) in [5.41, 5.74) is 2.83. The molecule has 1 aromatic carbocycles. The van der Waals surface area contributed by atoms with Crippen molar-refractivity contribution in [2.45, 2.75) is 38.3 Å². The van der Waals surface area contributed by atoms with Crippen molar-refractivity contribution >= 4 is 0 Å². The number of hydrogen-bond acceptors (Lipinski definition) is 3. The van der Waals surface area contributed by atoms with Gasteiger partial charge in [-0.25, -0.2) is 4.98 Å². The predicted octanol–water partition coefficient (Wildman–Crippen LogP) is 2.16. The fourth-order valence-electron chi connectivity index (χ4n) is 2.68. The summed E-state index contributed by atoms with van der Waals surface area (Å²) in [6.45, 7) is 2.93. The Morgan fingerprint density at radius 1 is 1.37 bits per heavy atom. The minimum atomic E-state index is 0.606. The van der Waals surface area contributed by atoms with E-state index in [1.54, 1.807) is 11.0 Å². The summed E-state index contributed by atoms with van der Waals surface area (Å²) in [4.78, 5) is 4.22. The maximum atomic E-state index is 4.27. The van der Waals surface area contributed by atoms with Crippen LogP contribution in [0.5, 0.6) is 0 Å². The van der Waals surface area contributed by atoms with E-state index in [-0.39, 0.29) is 0 Å². The van der Waals surface area contributed by atoms with Crippen LogP contribution in [-0.2, 0) is 13.6 Å². The van der Waals surface area contributed by atoms with Gasteiger partial charge >= 0.3 is 0 Å². The highest BCUT2D eigenvalue weighted by Crippen LogP contribution is 2.37. The molecule has 2 aromatic rings. The second-order valence-electron chi connectivity index (χ2n) is 5.49. The first-order valence-electron chi connectivity index (χ1n) is 6.85. The Morgan fingerprint density at radius 3 is 2.89 bits per heavy atom. The topological polar surface area (TPSA) is 42.7 Å². The van der Waals surface area contributed by atoms with E-state index >= 15 is 0 Å². The van der Waals surface area contributed by atoms with Crippen molar-refractivity contribution in [1.82, 2.24) is 20.1 Å². The molecule has 1 saturated carbocycles. The predicted molar refractivity (Wildman–Crippen MR) is 74.8 cm³/mol. The minimum Gasteiger partial charge on any atom is -0.307 e. The van der Waals surface area contributed by atoms with Gasteiger partial charge in [-0.15, -0.1) is 0 Å². The summed E-state index contributed by atoms with van der Waals surface area (Å²) < 4.78 is 1.74. The largest absolute Gasteiger partial charge is 0.307 e. The van der Waals surface area contributed by atoms with Crippen molar-refractivity contribution in [3.05, 3.63) is 47.5 Å². The first-order chi connectivity index (χ1) is 9.20. The van der Waals surface area contributed by atoms with Crippen LogP contribution in [0.1, 0.15) is 35.7 Å². The molecule has 0 atom stereocenters. The summed E-state index contributed by atoms with van der Waals surface area (Å²) in [5.74, 6) is 1.59. The van der Waals surface area contributed by atoms with Crippen LogP contribution in [0.15, 0.2) is 30.6 Å². The average molecular weight is 256 g/mol. The maximum Gasteiger partial charge on any atom is 0.164 e. The third-order valence-corrected chi connectivity index (χ3v) is 3.85. The molecule has 1 aliphatic rings. The van der Waals surface area contributed by atoms with E-state index in [1.165, 1.54) is 24.0 Å². The molecule has 4 heteroatoms. The maximum absolute atomic E-state index is 4.27. The van der Waals surface area contributed by atoms with Gasteiger partial charge in [-0.2, -0.15) is 5.10 Å². The molecule has 1 heterocycles. The zero-order valence-electron chi connectivity index (χ0n) is 11.5. The van der Waals surface area contributed by atoms with Gasteiger partial charge in [0.1, 0.15) is 6.33 Å². The van der Waals surface area contributed by atoms with Gasteiger partial charge in [-0.3, -0.25) is 4.68 Å². The van der Waals surface area contributed by atoms with Gasteiger partial charge in [-0.05, 0) is 31.2 Å². The molecule has 0 unspecified atom stereocenters. The first-order valence-corrected chi connectivity index (χ1v) is 6.85. The van der Waals surface area contributed by atoms with Crippen molar-refractivity contribution in [1.29, 1.82) is 0 Å².